The van der Waals surface area contributed by atoms with E-state index >= 15 is 0 Å². The van der Waals surface area contributed by atoms with Gasteiger partial charge in [-0.15, -0.1) is 0 Å². The van der Waals surface area contributed by atoms with Crippen LogP contribution >= 0.6 is 0 Å². The summed E-state index contributed by atoms with van der Waals surface area (Å²) < 4.78 is 7.82. The van der Waals surface area contributed by atoms with Crippen molar-refractivity contribution in [1.29, 1.82) is 0 Å². The van der Waals surface area contributed by atoms with Gasteiger partial charge in [0.2, 0.25) is 0 Å². The third-order valence-electron chi connectivity index (χ3n) is 2.75. The zero-order chi connectivity index (χ0) is 11.1. The molecule has 4 heteroatoms. The molecule has 1 atom stereocenters. The number of hydrogen-bond donors (Lipinski definition) is 1. The summed E-state index contributed by atoms with van der Waals surface area (Å²) in [6, 6.07) is 0. The molecular weight excluding hydrogens is 190 g/mol. The van der Waals surface area contributed by atoms with Gasteiger partial charge in [-0.3, -0.25) is 0 Å². The largest absolute Gasteiger partial charge is 0.374 e. The molecule has 0 saturated heterocycles. The number of imidazole rings is 1. The lowest BCUT2D eigenvalue weighted by molar-refractivity contribution is -0.0294. The maximum Gasteiger partial charge on any atom is 0.0945 e. The molecule has 1 aromatic rings. The number of ether oxygens (including phenoxy) is 1. The predicted octanol–water partition coefficient (Wildman–Crippen LogP) is 1.42. The maximum atomic E-state index is 5.77. The molecule has 86 valence electrons. The molecule has 0 aliphatic carbocycles. The molecule has 1 unspecified atom stereocenters. The van der Waals surface area contributed by atoms with Crippen molar-refractivity contribution < 1.29 is 4.74 Å². The van der Waals surface area contributed by atoms with Gasteiger partial charge in [-0.05, 0) is 19.8 Å². The van der Waals surface area contributed by atoms with Gasteiger partial charge < -0.3 is 15.0 Å². The average Bonchev–Trinajstić information content (AvgIpc) is 2.77. The number of aryl methyl sites for hydroxylation is 1. The zero-order valence-corrected chi connectivity index (χ0v) is 9.65. The SMILES string of the molecule is CCC(C)(CN)OCCCn1ccnc1. The summed E-state index contributed by atoms with van der Waals surface area (Å²) in [6.45, 7) is 6.44. The maximum absolute atomic E-state index is 5.77. The summed E-state index contributed by atoms with van der Waals surface area (Å²) in [6.07, 6.45) is 7.52. The molecule has 0 fully saturated rings. The van der Waals surface area contributed by atoms with Crippen molar-refractivity contribution in [1.82, 2.24) is 9.55 Å². The fourth-order valence-electron chi connectivity index (χ4n) is 1.29. The highest BCUT2D eigenvalue weighted by molar-refractivity contribution is 4.75. The Morgan fingerprint density at radius 3 is 2.87 bits per heavy atom. The Morgan fingerprint density at radius 2 is 2.33 bits per heavy atom. The van der Waals surface area contributed by atoms with E-state index in [2.05, 4.69) is 23.4 Å². The second-order valence-electron chi connectivity index (χ2n) is 4.01. The van der Waals surface area contributed by atoms with Crippen LogP contribution in [0.1, 0.15) is 26.7 Å². The van der Waals surface area contributed by atoms with E-state index in [1.807, 2.05) is 12.5 Å². The van der Waals surface area contributed by atoms with E-state index in [-0.39, 0.29) is 5.60 Å². The van der Waals surface area contributed by atoms with Crippen LogP contribution in [0.3, 0.4) is 0 Å². The van der Waals surface area contributed by atoms with Crippen LogP contribution in [0.5, 0.6) is 0 Å². The van der Waals surface area contributed by atoms with Crippen LogP contribution in [0.4, 0.5) is 0 Å². The van der Waals surface area contributed by atoms with Crippen LogP contribution in [-0.2, 0) is 11.3 Å². The first kappa shape index (κ1) is 12.2. The van der Waals surface area contributed by atoms with Crippen LogP contribution in [0.25, 0.3) is 0 Å². The average molecular weight is 211 g/mol. The molecule has 15 heavy (non-hydrogen) atoms. The molecule has 1 heterocycles. The third kappa shape index (κ3) is 4.01. The lowest BCUT2D eigenvalue weighted by atomic mass is 10.0. The normalized spacial score (nSPS) is 15.1. The molecule has 0 aliphatic heterocycles. The first-order valence-corrected chi connectivity index (χ1v) is 5.50. The monoisotopic (exact) mass is 211 g/mol. The first-order valence-electron chi connectivity index (χ1n) is 5.50. The number of nitrogens with zero attached hydrogens (tertiary/aromatic N) is 2. The molecule has 0 spiro atoms. The van der Waals surface area contributed by atoms with E-state index < -0.39 is 0 Å². The number of rotatable bonds is 7. The molecular formula is C11H21N3O. The molecule has 0 aliphatic rings. The summed E-state index contributed by atoms with van der Waals surface area (Å²) in [4.78, 5) is 3.98. The zero-order valence-electron chi connectivity index (χ0n) is 9.65. The van der Waals surface area contributed by atoms with Gasteiger partial charge in [0.25, 0.3) is 0 Å². The summed E-state index contributed by atoms with van der Waals surface area (Å²) in [5.41, 5.74) is 5.50. The fraction of sp³-hybridized carbons (Fsp3) is 0.727. The second kappa shape index (κ2) is 5.88. The quantitative estimate of drug-likeness (QED) is 0.694. The molecule has 0 radical (unpaired) electrons. The van der Waals surface area contributed by atoms with Crippen LogP contribution in [0.2, 0.25) is 0 Å². The van der Waals surface area contributed by atoms with Crippen molar-refractivity contribution in [2.45, 2.75) is 38.8 Å². The van der Waals surface area contributed by atoms with Crippen molar-refractivity contribution in [2.75, 3.05) is 13.2 Å². The second-order valence-corrected chi connectivity index (χ2v) is 4.01. The molecule has 4 nitrogen and oxygen atoms in total. The summed E-state index contributed by atoms with van der Waals surface area (Å²) in [5, 5.41) is 0. The van der Waals surface area contributed by atoms with Gasteiger partial charge in [0.05, 0.1) is 11.9 Å². The van der Waals surface area contributed by atoms with Crippen LogP contribution < -0.4 is 5.73 Å². The third-order valence-corrected chi connectivity index (χ3v) is 2.75. The van der Waals surface area contributed by atoms with Crippen molar-refractivity contribution in [3.63, 3.8) is 0 Å². The van der Waals surface area contributed by atoms with Crippen LogP contribution in [-0.4, -0.2) is 28.3 Å². The lowest BCUT2D eigenvalue weighted by Gasteiger charge is -2.26. The van der Waals surface area contributed by atoms with Crippen LogP contribution in [0.15, 0.2) is 18.7 Å². The molecule has 1 aromatic heterocycles. The highest BCUT2D eigenvalue weighted by atomic mass is 16.5. The van der Waals surface area contributed by atoms with Gasteiger partial charge in [-0.25, -0.2) is 4.98 Å². The van der Waals surface area contributed by atoms with Crippen LogP contribution in [0, 0.1) is 0 Å². The topological polar surface area (TPSA) is 53.1 Å². The summed E-state index contributed by atoms with van der Waals surface area (Å²) >= 11 is 0. The smallest absolute Gasteiger partial charge is 0.0945 e. The molecule has 2 N–H and O–H groups in total. The Balaban J connectivity index is 2.16. The Labute approximate surface area is 91.4 Å². The van der Waals surface area contributed by atoms with E-state index in [1.54, 1.807) is 6.20 Å². The van der Waals surface area contributed by atoms with E-state index in [4.69, 9.17) is 10.5 Å². The first-order chi connectivity index (χ1) is 7.20. The fourth-order valence-corrected chi connectivity index (χ4v) is 1.29. The predicted molar refractivity (Wildman–Crippen MR) is 60.5 cm³/mol. The molecule has 0 aromatic carbocycles. The Bertz CT molecular complexity index is 255. The van der Waals surface area contributed by atoms with Crippen molar-refractivity contribution in [3.8, 4) is 0 Å². The van der Waals surface area contributed by atoms with Crippen molar-refractivity contribution in [2.24, 2.45) is 5.73 Å². The highest BCUT2D eigenvalue weighted by Gasteiger charge is 2.19. The lowest BCUT2D eigenvalue weighted by Crippen LogP contribution is -2.37. The minimum absolute atomic E-state index is 0.158. The number of hydrogen-bond acceptors (Lipinski definition) is 3. The van der Waals surface area contributed by atoms with E-state index in [0.29, 0.717) is 6.54 Å². The van der Waals surface area contributed by atoms with Crippen molar-refractivity contribution in [3.05, 3.63) is 18.7 Å². The van der Waals surface area contributed by atoms with Gasteiger partial charge in [0.1, 0.15) is 0 Å². The Kier molecular flexibility index (Phi) is 4.78. The number of nitrogens with two attached hydrogens (primary N) is 1. The summed E-state index contributed by atoms with van der Waals surface area (Å²) in [7, 11) is 0. The molecule has 0 bridgehead atoms. The van der Waals surface area contributed by atoms with Gasteiger partial charge in [0, 0.05) is 32.1 Å². The van der Waals surface area contributed by atoms with Crippen molar-refractivity contribution >= 4 is 0 Å². The van der Waals surface area contributed by atoms with Gasteiger partial charge in [-0.1, -0.05) is 6.92 Å². The van der Waals surface area contributed by atoms with E-state index in [0.717, 1.165) is 26.0 Å². The van der Waals surface area contributed by atoms with E-state index in [9.17, 15) is 0 Å². The van der Waals surface area contributed by atoms with E-state index in [1.165, 1.54) is 0 Å². The van der Waals surface area contributed by atoms with Gasteiger partial charge in [0.15, 0.2) is 0 Å². The minimum atomic E-state index is -0.158. The summed E-state index contributed by atoms with van der Waals surface area (Å²) in [5.74, 6) is 0. The number of aromatic nitrogens is 2. The molecule has 1 rings (SSSR count). The highest BCUT2D eigenvalue weighted by Crippen LogP contribution is 2.13. The molecule has 0 saturated carbocycles. The standard InChI is InChI=1S/C11H21N3O/c1-3-11(2,9-12)15-8-4-6-14-7-5-13-10-14/h5,7,10H,3-4,6,8-9,12H2,1-2H3. The molecule has 0 amide bonds. The Hall–Kier alpha value is -0.870. The van der Waals surface area contributed by atoms with Gasteiger partial charge >= 0.3 is 0 Å². The Morgan fingerprint density at radius 1 is 1.53 bits per heavy atom. The van der Waals surface area contributed by atoms with Gasteiger partial charge in [-0.2, -0.15) is 0 Å². The minimum Gasteiger partial charge on any atom is -0.374 e.